The van der Waals surface area contributed by atoms with E-state index in [0.717, 1.165) is 24.1 Å². The molecule has 0 saturated carbocycles. The van der Waals surface area contributed by atoms with Gasteiger partial charge >= 0.3 is 0 Å². The number of ether oxygens (including phenoxy) is 1. The molecule has 2 aliphatic heterocycles. The van der Waals surface area contributed by atoms with Crippen molar-refractivity contribution in [1.29, 1.82) is 0 Å². The Hall–Kier alpha value is -3.60. The molecule has 2 atom stereocenters. The summed E-state index contributed by atoms with van der Waals surface area (Å²) in [5, 5.41) is 17.8. The van der Waals surface area contributed by atoms with Gasteiger partial charge in [0.25, 0.3) is 5.91 Å². The van der Waals surface area contributed by atoms with E-state index in [-0.39, 0.29) is 24.4 Å². The molecule has 1 unspecified atom stereocenters. The van der Waals surface area contributed by atoms with Gasteiger partial charge in [0.2, 0.25) is 11.9 Å². The molecule has 2 aliphatic rings. The van der Waals surface area contributed by atoms with Gasteiger partial charge in [-0.1, -0.05) is 36.7 Å². The lowest BCUT2D eigenvalue weighted by Crippen LogP contribution is -2.46. The molecule has 3 aromatic rings. The van der Waals surface area contributed by atoms with Crippen LogP contribution in [0, 0.1) is 0 Å². The second-order valence-electron chi connectivity index (χ2n) is 9.73. The number of benzene rings is 1. The molecule has 1 aromatic carbocycles. The van der Waals surface area contributed by atoms with E-state index in [0.29, 0.717) is 53.1 Å². The third kappa shape index (κ3) is 5.88. The number of nitrogens with one attached hydrogen (secondary N) is 2. The maximum atomic E-state index is 13.5. The SMILES string of the molecule is CCc1cccc([C@H](NC(C)=O)C(O)N2Cc3ccc(-c4nc(NC5CCOCC5)ncc4Cl)cc3C2=O)n1. The number of rotatable bonds is 8. The van der Waals surface area contributed by atoms with E-state index < -0.39 is 12.3 Å². The van der Waals surface area contributed by atoms with Gasteiger partial charge in [-0.3, -0.25) is 14.6 Å². The van der Waals surface area contributed by atoms with Crippen LogP contribution in [0.15, 0.2) is 42.6 Å². The highest BCUT2D eigenvalue weighted by Gasteiger charge is 2.37. The number of fused-ring (bicyclic) bond motifs is 1. The van der Waals surface area contributed by atoms with E-state index in [1.807, 2.05) is 31.2 Å². The van der Waals surface area contributed by atoms with Crippen LogP contribution in [0.4, 0.5) is 5.95 Å². The normalized spacial score (nSPS) is 17.0. The molecule has 11 heteroatoms. The number of hydrogen-bond acceptors (Lipinski definition) is 8. The number of nitrogens with zero attached hydrogens (tertiary/aromatic N) is 4. The molecule has 5 rings (SSSR count). The number of hydrogen-bond donors (Lipinski definition) is 3. The van der Waals surface area contributed by atoms with Crippen molar-refractivity contribution in [3.63, 3.8) is 0 Å². The Bertz CT molecular complexity index is 1380. The van der Waals surface area contributed by atoms with Gasteiger partial charge < -0.3 is 25.4 Å². The fraction of sp³-hybridized carbons (Fsp3) is 0.393. The maximum Gasteiger partial charge on any atom is 0.256 e. The number of amides is 2. The summed E-state index contributed by atoms with van der Waals surface area (Å²) in [6, 6.07) is 10.2. The molecular weight excluding hydrogens is 520 g/mol. The van der Waals surface area contributed by atoms with E-state index >= 15 is 0 Å². The van der Waals surface area contributed by atoms with Crippen LogP contribution in [0.2, 0.25) is 5.02 Å². The van der Waals surface area contributed by atoms with Crippen LogP contribution < -0.4 is 10.6 Å². The molecule has 4 heterocycles. The fourth-order valence-electron chi connectivity index (χ4n) is 4.92. The average molecular weight is 551 g/mol. The minimum Gasteiger partial charge on any atom is -0.381 e. The Morgan fingerprint density at radius 2 is 2.03 bits per heavy atom. The first-order chi connectivity index (χ1) is 18.8. The van der Waals surface area contributed by atoms with Gasteiger partial charge in [0.15, 0.2) is 6.23 Å². The predicted octanol–water partition coefficient (Wildman–Crippen LogP) is 3.50. The Labute approximate surface area is 231 Å². The molecule has 204 valence electrons. The van der Waals surface area contributed by atoms with Crippen LogP contribution in [0.25, 0.3) is 11.3 Å². The smallest absolute Gasteiger partial charge is 0.256 e. The summed E-state index contributed by atoms with van der Waals surface area (Å²) in [7, 11) is 0. The van der Waals surface area contributed by atoms with Gasteiger partial charge in [0, 0.05) is 49.5 Å². The van der Waals surface area contributed by atoms with Gasteiger partial charge in [-0.15, -0.1) is 0 Å². The predicted molar refractivity (Wildman–Crippen MR) is 146 cm³/mol. The van der Waals surface area contributed by atoms with E-state index in [2.05, 4.69) is 25.6 Å². The molecule has 10 nitrogen and oxygen atoms in total. The van der Waals surface area contributed by atoms with Crippen LogP contribution in [0.3, 0.4) is 0 Å². The van der Waals surface area contributed by atoms with Crippen molar-refractivity contribution in [1.82, 2.24) is 25.2 Å². The van der Waals surface area contributed by atoms with Crippen LogP contribution in [0.1, 0.15) is 60.0 Å². The molecule has 1 fully saturated rings. The van der Waals surface area contributed by atoms with Crippen molar-refractivity contribution in [2.45, 2.75) is 58.0 Å². The summed E-state index contributed by atoms with van der Waals surface area (Å²) in [5.74, 6) is -0.227. The Morgan fingerprint density at radius 1 is 1.23 bits per heavy atom. The number of aliphatic hydroxyl groups excluding tert-OH is 1. The summed E-state index contributed by atoms with van der Waals surface area (Å²) >= 11 is 6.47. The largest absolute Gasteiger partial charge is 0.381 e. The quantitative estimate of drug-likeness (QED) is 0.388. The summed E-state index contributed by atoms with van der Waals surface area (Å²) in [5.41, 5.74) is 3.67. The number of anilines is 1. The zero-order valence-corrected chi connectivity index (χ0v) is 22.6. The number of aliphatic hydroxyl groups is 1. The van der Waals surface area contributed by atoms with Crippen molar-refractivity contribution in [2.24, 2.45) is 0 Å². The highest BCUT2D eigenvalue weighted by molar-refractivity contribution is 6.33. The molecule has 2 aromatic heterocycles. The Kier molecular flexibility index (Phi) is 8.06. The molecule has 0 bridgehead atoms. The molecule has 39 heavy (non-hydrogen) atoms. The van der Waals surface area contributed by atoms with Gasteiger partial charge in [0.1, 0.15) is 6.04 Å². The van der Waals surface area contributed by atoms with E-state index in [1.165, 1.54) is 11.8 Å². The van der Waals surface area contributed by atoms with Gasteiger partial charge in [-0.05, 0) is 43.0 Å². The Balaban J connectivity index is 1.39. The molecule has 2 amide bonds. The number of aryl methyl sites for hydroxylation is 1. The van der Waals surface area contributed by atoms with Crippen LogP contribution in [-0.4, -0.2) is 62.3 Å². The van der Waals surface area contributed by atoms with E-state index in [4.69, 9.17) is 16.3 Å². The summed E-state index contributed by atoms with van der Waals surface area (Å²) in [6.07, 6.45) is 2.65. The number of halogens is 1. The van der Waals surface area contributed by atoms with Gasteiger partial charge in [0.05, 0.1) is 22.6 Å². The summed E-state index contributed by atoms with van der Waals surface area (Å²) < 4.78 is 5.42. The van der Waals surface area contributed by atoms with Gasteiger partial charge in [-0.2, -0.15) is 0 Å². The van der Waals surface area contributed by atoms with E-state index in [1.54, 1.807) is 18.3 Å². The molecule has 3 N–H and O–H groups in total. The lowest BCUT2D eigenvalue weighted by atomic mass is 10.0. The number of pyridine rings is 1. The first-order valence-corrected chi connectivity index (χ1v) is 13.4. The molecular formula is C28H31ClN6O4. The lowest BCUT2D eigenvalue weighted by molar-refractivity contribution is -0.122. The van der Waals surface area contributed by atoms with Crippen molar-refractivity contribution in [2.75, 3.05) is 18.5 Å². The van der Waals surface area contributed by atoms with Crippen molar-refractivity contribution < 1.29 is 19.4 Å². The second kappa shape index (κ2) is 11.6. The monoisotopic (exact) mass is 550 g/mol. The second-order valence-corrected chi connectivity index (χ2v) is 10.1. The van der Waals surface area contributed by atoms with E-state index in [9.17, 15) is 14.7 Å². The zero-order chi connectivity index (χ0) is 27.5. The number of carbonyl (C=O) groups is 2. The highest BCUT2D eigenvalue weighted by atomic mass is 35.5. The third-order valence-electron chi connectivity index (χ3n) is 7.00. The minimum atomic E-state index is -1.32. The minimum absolute atomic E-state index is 0.188. The summed E-state index contributed by atoms with van der Waals surface area (Å²) in [6.45, 7) is 4.91. The standard InChI is InChI=1S/C28H31ClN6O4/c1-3-19-5-4-6-23(32-19)25(31-16(2)36)27(38)35-15-18-8-7-17(13-21(18)26(35)37)24-22(29)14-30-28(34-24)33-20-9-11-39-12-10-20/h4-8,13-14,20,25,27,38H,3,9-12,15H2,1-2H3,(H,31,36)(H,30,33,34)/t25-,27?/m0/s1. The van der Waals surface area contributed by atoms with Crippen molar-refractivity contribution in [3.8, 4) is 11.3 Å². The summed E-state index contributed by atoms with van der Waals surface area (Å²) in [4.78, 5) is 40.4. The van der Waals surface area contributed by atoms with Crippen molar-refractivity contribution in [3.05, 3.63) is 70.1 Å². The molecule has 0 spiro atoms. The number of carbonyl (C=O) groups excluding carboxylic acids is 2. The molecule has 1 saturated heterocycles. The third-order valence-corrected chi connectivity index (χ3v) is 7.28. The molecule has 0 radical (unpaired) electrons. The van der Waals surface area contributed by atoms with Crippen molar-refractivity contribution >= 4 is 29.4 Å². The van der Waals surface area contributed by atoms with Gasteiger partial charge in [-0.25, -0.2) is 9.97 Å². The topological polar surface area (TPSA) is 130 Å². The van der Waals surface area contributed by atoms with Crippen LogP contribution in [0.5, 0.6) is 0 Å². The van der Waals surface area contributed by atoms with Crippen LogP contribution in [-0.2, 0) is 22.5 Å². The molecule has 0 aliphatic carbocycles. The maximum absolute atomic E-state index is 13.5. The van der Waals surface area contributed by atoms with Crippen LogP contribution >= 0.6 is 11.6 Å². The Morgan fingerprint density at radius 3 is 2.77 bits per heavy atom. The highest BCUT2D eigenvalue weighted by Crippen LogP contribution is 2.34. The fourth-order valence-corrected chi connectivity index (χ4v) is 5.12. The lowest BCUT2D eigenvalue weighted by Gasteiger charge is -2.30. The first kappa shape index (κ1) is 27.0. The zero-order valence-electron chi connectivity index (χ0n) is 21.9. The number of aromatic nitrogens is 3. The average Bonchev–Trinajstić information content (AvgIpc) is 3.28. The first-order valence-electron chi connectivity index (χ1n) is 13.1.